The van der Waals surface area contributed by atoms with Crippen molar-refractivity contribution in [2.24, 2.45) is 5.73 Å². The highest BCUT2D eigenvalue weighted by atomic mass is 19.3. The Kier molecular flexibility index (Phi) is 5.19. The van der Waals surface area contributed by atoms with Crippen molar-refractivity contribution in [3.05, 3.63) is 29.8 Å². The molecule has 0 aliphatic heterocycles. The van der Waals surface area contributed by atoms with Crippen molar-refractivity contribution < 1.29 is 13.5 Å². The molecule has 1 aromatic rings. The molecule has 90 valence electrons. The number of hydrogen-bond donors (Lipinski definition) is 1. The van der Waals surface area contributed by atoms with Gasteiger partial charge in [-0.2, -0.15) is 8.78 Å². The van der Waals surface area contributed by atoms with Crippen LogP contribution in [0.1, 0.15) is 37.8 Å². The van der Waals surface area contributed by atoms with Crippen molar-refractivity contribution in [3.63, 3.8) is 0 Å². The summed E-state index contributed by atoms with van der Waals surface area (Å²) in [5.74, 6) is 0.166. The van der Waals surface area contributed by atoms with E-state index in [4.69, 9.17) is 5.73 Å². The largest absolute Gasteiger partial charge is 0.435 e. The van der Waals surface area contributed by atoms with Crippen LogP contribution in [0.4, 0.5) is 8.78 Å². The first-order valence-corrected chi connectivity index (χ1v) is 5.43. The lowest BCUT2D eigenvalue weighted by Gasteiger charge is -2.13. The van der Waals surface area contributed by atoms with Gasteiger partial charge in [-0.05, 0) is 24.1 Å². The molecular weight excluding hydrogens is 212 g/mol. The zero-order valence-corrected chi connectivity index (χ0v) is 9.33. The number of halogens is 2. The highest BCUT2D eigenvalue weighted by Gasteiger charge is 2.08. The average molecular weight is 229 g/mol. The molecule has 0 bridgehead atoms. The lowest BCUT2D eigenvalue weighted by molar-refractivity contribution is -0.0499. The van der Waals surface area contributed by atoms with Gasteiger partial charge in [0.15, 0.2) is 0 Å². The van der Waals surface area contributed by atoms with Crippen LogP contribution in [-0.2, 0) is 0 Å². The van der Waals surface area contributed by atoms with E-state index in [9.17, 15) is 8.78 Å². The fourth-order valence-electron chi connectivity index (χ4n) is 1.51. The number of ether oxygens (including phenoxy) is 1. The summed E-state index contributed by atoms with van der Waals surface area (Å²) in [5, 5.41) is 0. The van der Waals surface area contributed by atoms with E-state index in [1.807, 2.05) is 6.07 Å². The number of unbranched alkanes of at least 4 members (excludes halogenated alkanes) is 1. The zero-order chi connectivity index (χ0) is 12.0. The van der Waals surface area contributed by atoms with E-state index in [1.165, 1.54) is 6.07 Å². The SMILES string of the molecule is CCCC[C@@H](N)c1cccc(OC(F)F)c1. The molecule has 0 saturated carbocycles. The number of rotatable bonds is 6. The van der Waals surface area contributed by atoms with E-state index < -0.39 is 6.61 Å². The van der Waals surface area contributed by atoms with E-state index >= 15 is 0 Å². The van der Waals surface area contributed by atoms with E-state index in [1.54, 1.807) is 12.1 Å². The van der Waals surface area contributed by atoms with Gasteiger partial charge in [-0.3, -0.25) is 0 Å². The molecule has 0 fully saturated rings. The van der Waals surface area contributed by atoms with Crippen LogP contribution in [0.3, 0.4) is 0 Å². The maximum atomic E-state index is 12.0. The first kappa shape index (κ1) is 12.9. The Bertz CT molecular complexity index is 318. The van der Waals surface area contributed by atoms with Crippen molar-refractivity contribution in [2.75, 3.05) is 0 Å². The van der Waals surface area contributed by atoms with Crippen molar-refractivity contribution in [1.82, 2.24) is 0 Å². The van der Waals surface area contributed by atoms with Crippen LogP contribution < -0.4 is 10.5 Å². The van der Waals surface area contributed by atoms with E-state index in [0.717, 1.165) is 24.8 Å². The van der Waals surface area contributed by atoms with Gasteiger partial charge in [0.1, 0.15) is 5.75 Å². The number of benzene rings is 1. The van der Waals surface area contributed by atoms with E-state index in [2.05, 4.69) is 11.7 Å². The van der Waals surface area contributed by atoms with E-state index in [0.29, 0.717) is 0 Å². The number of hydrogen-bond acceptors (Lipinski definition) is 2. The molecule has 4 heteroatoms. The van der Waals surface area contributed by atoms with Crippen LogP contribution in [0.5, 0.6) is 5.75 Å². The van der Waals surface area contributed by atoms with Crippen LogP contribution in [-0.4, -0.2) is 6.61 Å². The zero-order valence-electron chi connectivity index (χ0n) is 9.33. The third-order valence-electron chi connectivity index (χ3n) is 2.38. The quantitative estimate of drug-likeness (QED) is 0.810. The first-order valence-electron chi connectivity index (χ1n) is 5.43. The van der Waals surface area contributed by atoms with Crippen LogP contribution in [0.25, 0.3) is 0 Å². The van der Waals surface area contributed by atoms with Crippen LogP contribution in [0, 0.1) is 0 Å². The maximum Gasteiger partial charge on any atom is 0.387 e. The molecule has 16 heavy (non-hydrogen) atoms. The Labute approximate surface area is 94.4 Å². The minimum Gasteiger partial charge on any atom is -0.435 e. The molecule has 0 heterocycles. The van der Waals surface area contributed by atoms with Crippen LogP contribution in [0.15, 0.2) is 24.3 Å². The molecule has 1 aromatic carbocycles. The van der Waals surface area contributed by atoms with Gasteiger partial charge in [-0.1, -0.05) is 31.9 Å². The summed E-state index contributed by atoms with van der Waals surface area (Å²) >= 11 is 0. The Morgan fingerprint density at radius 1 is 1.38 bits per heavy atom. The first-order chi connectivity index (χ1) is 7.63. The summed E-state index contributed by atoms with van der Waals surface area (Å²) < 4.78 is 28.3. The Balaban J connectivity index is 2.65. The molecule has 0 unspecified atom stereocenters. The minimum absolute atomic E-state index is 0.110. The third-order valence-corrected chi connectivity index (χ3v) is 2.38. The van der Waals surface area contributed by atoms with Crippen molar-refractivity contribution in [1.29, 1.82) is 0 Å². The van der Waals surface area contributed by atoms with Crippen LogP contribution >= 0.6 is 0 Å². The molecular formula is C12H17F2NO. The Morgan fingerprint density at radius 2 is 2.12 bits per heavy atom. The summed E-state index contributed by atoms with van der Waals surface area (Å²) in [6.45, 7) is -0.703. The number of alkyl halides is 2. The topological polar surface area (TPSA) is 35.2 Å². The van der Waals surface area contributed by atoms with Gasteiger partial charge in [-0.15, -0.1) is 0 Å². The maximum absolute atomic E-state index is 12.0. The summed E-state index contributed by atoms with van der Waals surface area (Å²) in [6.07, 6.45) is 2.96. The molecule has 1 rings (SSSR count). The van der Waals surface area contributed by atoms with Gasteiger partial charge in [0.05, 0.1) is 0 Å². The standard InChI is InChI=1S/C12H17F2NO/c1-2-3-7-11(15)9-5-4-6-10(8-9)16-12(13)14/h4-6,8,11-12H,2-3,7,15H2,1H3/t11-/m1/s1. The van der Waals surface area contributed by atoms with Gasteiger partial charge in [0.2, 0.25) is 0 Å². The Hall–Kier alpha value is -1.16. The van der Waals surface area contributed by atoms with Gasteiger partial charge in [0.25, 0.3) is 0 Å². The van der Waals surface area contributed by atoms with Gasteiger partial charge in [0, 0.05) is 6.04 Å². The molecule has 1 atom stereocenters. The third kappa shape index (κ3) is 4.14. The van der Waals surface area contributed by atoms with Crippen LogP contribution in [0.2, 0.25) is 0 Å². The van der Waals surface area contributed by atoms with Gasteiger partial charge >= 0.3 is 6.61 Å². The molecule has 0 radical (unpaired) electrons. The summed E-state index contributed by atoms with van der Waals surface area (Å²) in [6, 6.07) is 6.48. The van der Waals surface area contributed by atoms with Gasteiger partial charge in [-0.25, -0.2) is 0 Å². The second-order valence-electron chi connectivity index (χ2n) is 3.70. The summed E-state index contributed by atoms with van der Waals surface area (Å²) in [4.78, 5) is 0. The fraction of sp³-hybridized carbons (Fsp3) is 0.500. The predicted octanol–water partition coefficient (Wildman–Crippen LogP) is 3.48. The smallest absolute Gasteiger partial charge is 0.387 e. The average Bonchev–Trinajstić information content (AvgIpc) is 2.25. The van der Waals surface area contributed by atoms with Crippen molar-refractivity contribution >= 4 is 0 Å². The fourth-order valence-corrected chi connectivity index (χ4v) is 1.51. The summed E-state index contributed by atoms with van der Waals surface area (Å²) in [5.41, 5.74) is 6.78. The highest BCUT2D eigenvalue weighted by molar-refractivity contribution is 5.30. The molecule has 0 saturated heterocycles. The molecule has 0 aliphatic rings. The molecule has 0 amide bonds. The second-order valence-corrected chi connectivity index (χ2v) is 3.70. The second kappa shape index (κ2) is 6.43. The highest BCUT2D eigenvalue weighted by Crippen LogP contribution is 2.22. The molecule has 0 aromatic heterocycles. The van der Waals surface area contributed by atoms with Crippen molar-refractivity contribution in [3.8, 4) is 5.75 Å². The minimum atomic E-state index is -2.79. The van der Waals surface area contributed by atoms with E-state index in [-0.39, 0.29) is 11.8 Å². The predicted molar refractivity (Wildman–Crippen MR) is 59.5 cm³/mol. The molecule has 0 aliphatic carbocycles. The molecule has 2 N–H and O–H groups in total. The Morgan fingerprint density at radius 3 is 2.75 bits per heavy atom. The normalized spacial score (nSPS) is 12.8. The lowest BCUT2D eigenvalue weighted by atomic mass is 10.0. The summed E-state index contributed by atoms with van der Waals surface area (Å²) in [7, 11) is 0. The van der Waals surface area contributed by atoms with Gasteiger partial charge < -0.3 is 10.5 Å². The molecule has 2 nitrogen and oxygen atoms in total. The monoisotopic (exact) mass is 229 g/mol. The molecule has 0 spiro atoms. The van der Waals surface area contributed by atoms with Crippen molar-refractivity contribution in [2.45, 2.75) is 38.8 Å². The number of nitrogens with two attached hydrogens (primary N) is 1. The lowest BCUT2D eigenvalue weighted by Crippen LogP contribution is -2.10.